The van der Waals surface area contributed by atoms with Gasteiger partial charge in [0.15, 0.2) is 14.9 Å². The number of hydrogen-bond donors (Lipinski definition) is 2. The van der Waals surface area contributed by atoms with Crippen molar-refractivity contribution in [2.75, 3.05) is 17.9 Å². The van der Waals surface area contributed by atoms with Crippen LogP contribution in [0, 0.1) is 11.8 Å². The minimum Gasteiger partial charge on any atom is -0.384 e. The van der Waals surface area contributed by atoms with E-state index in [1.165, 1.54) is 0 Å². The van der Waals surface area contributed by atoms with Crippen LogP contribution in [-0.2, 0) is 19.9 Å². The van der Waals surface area contributed by atoms with Crippen molar-refractivity contribution in [2.45, 2.75) is 13.0 Å². The molecule has 6 nitrogen and oxygen atoms in total. The Labute approximate surface area is 125 Å². The molecule has 1 rings (SSSR count). The van der Waals surface area contributed by atoms with Gasteiger partial charge in [-0.3, -0.25) is 0 Å². The lowest BCUT2D eigenvalue weighted by molar-refractivity contribution is 0.350. The van der Waals surface area contributed by atoms with Gasteiger partial charge in [-0.05, 0) is 24.6 Å². The average molecular weight is 331 g/mol. The van der Waals surface area contributed by atoms with Crippen LogP contribution in [0.4, 0.5) is 0 Å². The first-order valence-corrected chi connectivity index (χ1v) is 9.72. The van der Waals surface area contributed by atoms with Crippen molar-refractivity contribution >= 4 is 19.9 Å². The van der Waals surface area contributed by atoms with E-state index in [0.717, 1.165) is 6.26 Å². The molecule has 0 radical (unpaired) electrons. The van der Waals surface area contributed by atoms with Gasteiger partial charge in [0, 0.05) is 17.9 Å². The quantitative estimate of drug-likeness (QED) is 0.741. The van der Waals surface area contributed by atoms with Gasteiger partial charge in [0.05, 0.1) is 0 Å². The fraction of sp³-hybridized carbons (Fsp3) is 0.385. The van der Waals surface area contributed by atoms with Crippen molar-refractivity contribution in [2.24, 2.45) is 0 Å². The van der Waals surface area contributed by atoms with Gasteiger partial charge in [0.2, 0.25) is 10.0 Å². The molecular weight excluding hydrogens is 314 g/mol. The Morgan fingerprint density at radius 3 is 2.52 bits per heavy atom. The molecule has 0 amide bonds. The molecule has 8 heteroatoms. The number of benzene rings is 1. The van der Waals surface area contributed by atoms with Gasteiger partial charge in [-0.15, -0.1) is 0 Å². The lowest BCUT2D eigenvalue weighted by Crippen LogP contribution is -2.31. The molecule has 0 bridgehead atoms. The predicted octanol–water partition coefficient (Wildman–Crippen LogP) is 0.0129. The molecule has 21 heavy (non-hydrogen) atoms. The lowest BCUT2D eigenvalue weighted by atomic mass is 10.1. The van der Waals surface area contributed by atoms with Crippen LogP contribution in [0.25, 0.3) is 0 Å². The molecule has 0 aliphatic carbocycles. The zero-order valence-corrected chi connectivity index (χ0v) is 13.3. The van der Waals surface area contributed by atoms with E-state index in [-0.39, 0.29) is 6.61 Å². The van der Waals surface area contributed by atoms with Gasteiger partial charge in [-0.2, -0.15) is 0 Å². The van der Waals surface area contributed by atoms with Gasteiger partial charge < -0.3 is 5.11 Å². The third-order valence-electron chi connectivity index (χ3n) is 2.42. The van der Waals surface area contributed by atoms with E-state index in [1.54, 1.807) is 31.2 Å². The van der Waals surface area contributed by atoms with E-state index in [2.05, 4.69) is 16.6 Å². The van der Waals surface area contributed by atoms with Crippen molar-refractivity contribution in [3.63, 3.8) is 0 Å². The Bertz CT molecular complexity index is 757. The maximum absolute atomic E-state index is 11.7. The molecule has 116 valence electrons. The summed E-state index contributed by atoms with van der Waals surface area (Å²) in [6, 6.07) is 6.23. The molecule has 1 aromatic carbocycles. The minimum absolute atomic E-state index is 0.263. The topological polar surface area (TPSA) is 101 Å². The van der Waals surface area contributed by atoms with Gasteiger partial charge in [-0.25, -0.2) is 21.6 Å². The average Bonchev–Trinajstić information content (AvgIpc) is 2.33. The Morgan fingerprint density at radius 1 is 1.29 bits per heavy atom. The third kappa shape index (κ3) is 6.73. The summed E-state index contributed by atoms with van der Waals surface area (Å²) in [6.45, 7) is 1.35. The van der Waals surface area contributed by atoms with E-state index in [1.807, 2.05) is 0 Å². The van der Waals surface area contributed by atoms with Gasteiger partial charge in [0.1, 0.15) is 6.61 Å². The van der Waals surface area contributed by atoms with E-state index in [4.69, 9.17) is 5.11 Å². The fourth-order valence-electron chi connectivity index (χ4n) is 1.68. The lowest BCUT2D eigenvalue weighted by Gasteiger charge is -2.14. The molecular formula is C13H17NO5S2. The van der Waals surface area contributed by atoms with Crippen LogP contribution in [0.3, 0.4) is 0 Å². The third-order valence-corrected chi connectivity index (χ3v) is 6.09. The second kappa shape index (κ2) is 7.04. The number of aliphatic hydroxyl groups is 1. The van der Waals surface area contributed by atoms with Crippen molar-refractivity contribution in [1.29, 1.82) is 0 Å². The summed E-state index contributed by atoms with van der Waals surface area (Å²) in [5.74, 6) is 5.22. The maximum Gasteiger partial charge on any atom is 0.226 e. The Morgan fingerprint density at radius 2 is 1.95 bits per heavy atom. The van der Waals surface area contributed by atoms with Gasteiger partial charge in [-0.1, -0.05) is 24.0 Å². The Hall–Kier alpha value is -1.40. The molecule has 0 aliphatic heterocycles. The number of rotatable bonds is 5. The number of sulfone groups is 1. The fourth-order valence-corrected chi connectivity index (χ4v) is 4.88. The van der Waals surface area contributed by atoms with E-state index >= 15 is 0 Å². The first-order chi connectivity index (χ1) is 9.63. The summed E-state index contributed by atoms with van der Waals surface area (Å²) in [5.41, 5.74) is 1.28. The highest BCUT2D eigenvalue weighted by Gasteiger charge is 2.21. The normalized spacial score (nSPS) is 13.3. The smallest absolute Gasteiger partial charge is 0.226 e. The molecule has 1 unspecified atom stereocenters. The van der Waals surface area contributed by atoms with E-state index in [0.29, 0.717) is 11.1 Å². The van der Waals surface area contributed by atoms with Gasteiger partial charge in [0.25, 0.3) is 0 Å². The van der Waals surface area contributed by atoms with Crippen LogP contribution in [0.5, 0.6) is 0 Å². The van der Waals surface area contributed by atoms with Crippen LogP contribution in [0.1, 0.15) is 24.1 Å². The molecule has 0 saturated carbocycles. The molecule has 0 spiro atoms. The molecule has 0 aliphatic rings. The molecule has 2 N–H and O–H groups in total. The van der Waals surface area contributed by atoms with Crippen molar-refractivity contribution in [3.05, 3.63) is 35.4 Å². The molecule has 0 aromatic heterocycles. The van der Waals surface area contributed by atoms with Crippen molar-refractivity contribution in [3.8, 4) is 11.8 Å². The van der Waals surface area contributed by atoms with Crippen molar-refractivity contribution < 1.29 is 21.9 Å². The zero-order valence-electron chi connectivity index (χ0n) is 11.7. The summed E-state index contributed by atoms with van der Waals surface area (Å²) < 4.78 is 47.9. The first kappa shape index (κ1) is 17.7. The standard InChI is InChI=1S/C13H17NO5S2/c1-11(14-21(18,19)10-20(2,16)17)13-7-3-5-12(9-13)6-4-8-15/h3,5,7,9,11,14-15H,8,10H2,1-2H3. The highest BCUT2D eigenvalue weighted by molar-refractivity contribution is 8.06. The molecule has 0 saturated heterocycles. The second-order valence-corrected chi connectivity index (χ2v) is 8.84. The van der Waals surface area contributed by atoms with Crippen LogP contribution in [-0.4, -0.2) is 39.9 Å². The summed E-state index contributed by atoms with van der Waals surface area (Å²) in [7, 11) is -7.56. The minimum atomic E-state index is -3.93. The molecule has 0 heterocycles. The van der Waals surface area contributed by atoms with Gasteiger partial charge >= 0.3 is 0 Å². The predicted molar refractivity (Wildman–Crippen MR) is 80.6 cm³/mol. The van der Waals surface area contributed by atoms with Crippen LogP contribution in [0.2, 0.25) is 0 Å². The Balaban J connectivity index is 2.92. The largest absolute Gasteiger partial charge is 0.384 e. The molecule has 0 fully saturated rings. The van der Waals surface area contributed by atoms with E-state index in [9.17, 15) is 16.8 Å². The first-order valence-electron chi connectivity index (χ1n) is 6.00. The summed E-state index contributed by atoms with van der Waals surface area (Å²) in [5, 5.41) is 7.69. The number of nitrogens with one attached hydrogen (secondary N) is 1. The number of aliphatic hydroxyl groups excluding tert-OH is 1. The molecule has 1 aromatic rings. The summed E-state index contributed by atoms with van der Waals surface area (Å²) >= 11 is 0. The highest BCUT2D eigenvalue weighted by Crippen LogP contribution is 2.15. The van der Waals surface area contributed by atoms with Crippen LogP contribution >= 0.6 is 0 Å². The summed E-state index contributed by atoms with van der Waals surface area (Å²) in [6.07, 6.45) is 0.863. The zero-order chi connectivity index (χ0) is 16.1. The monoisotopic (exact) mass is 331 g/mol. The molecule has 1 atom stereocenters. The maximum atomic E-state index is 11.7. The van der Waals surface area contributed by atoms with Crippen LogP contribution < -0.4 is 4.72 Å². The Kier molecular flexibility index (Phi) is 5.92. The second-order valence-electron chi connectivity index (χ2n) is 4.58. The SMILES string of the molecule is CC(NS(=O)(=O)CS(C)(=O)=O)c1cccc(C#CCO)c1. The number of sulfonamides is 1. The van der Waals surface area contributed by atoms with Crippen LogP contribution in [0.15, 0.2) is 24.3 Å². The number of hydrogen-bond acceptors (Lipinski definition) is 5. The summed E-state index contributed by atoms with van der Waals surface area (Å²) in [4.78, 5) is 0. The van der Waals surface area contributed by atoms with Crippen molar-refractivity contribution in [1.82, 2.24) is 4.72 Å². The highest BCUT2D eigenvalue weighted by atomic mass is 32.3. The van der Waals surface area contributed by atoms with E-state index < -0.39 is 31.0 Å².